The summed E-state index contributed by atoms with van der Waals surface area (Å²) >= 11 is 0. The molecule has 0 aromatic heterocycles. The minimum Gasteiger partial charge on any atom is -0.399 e. The van der Waals surface area contributed by atoms with Crippen LogP contribution < -0.4 is 0 Å². The van der Waals surface area contributed by atoms with E-state index in [1.807, 2.05) is 0 Å². The summed E-state index contributed by atoms with van der Waals surface area (Å²) in [6.45, 7) is 1.64. The average molecular weight is 349 g/mol. The van der Waals surface area contributed by atoms with Crippen LogP contribution in [-0.2, 0) is 14.7 Å². The maximum Gasteiger partial charge on any atom is 0.193 e. The fourth-order valence-corrected chi connectivity index (χ4v) is 2.85. The second-order valence-corrected chi connectivity index (χ2v) is 7.19. The molecule has 24 heavy (non-hydrogen) atoms. The summed E-state index contributed by atoms with van der Waals surface area (Å²) in [6.07, 6.45) is 1.06. The Balaban J connectivity index is 2.65. The molecular weight excluding hydrogens is 333 g/mol. The molecule has 0 atom stereocenters. The van der Waals surface area contributed by atoms with Gasteiger partial charge in [-0.1, -0.05) is 11.2 Å². The van der Waals surface area contributed by atoms with Gasteiger partial charge in [-0.3, -0.25) is 4.79 Å². The summed E-state index contributed by atoms with van der Waals surface area (Å²) in [4.78, 5) is 17.5. The molecule has 126 valence electrons. The van der Waals surface area contributed by atoms with Gasteiger partial charge >= 0.3 is 0 Å². The molecule has 0 aliphatic carbocycles. The van der Waals surface area contributed by atoms with Crippen LogP contribution in [0.4, 0.5) is 4.39 Å². The van der Waals surface area contributed by atoms with Gasteiger partial charge in [-0.05, 0) is 43.3 Å². The first-order valence-electron chi connectivity index (χ1n) is 6.96. The number of nitrogens with zero attached hydrogens (tertiary/aromatic N) is 1. The van der Waals surface area contributed by atoms with Crippen molar-refractivity contribution < 1.29 is 22.4 Å². The Kier molecular flexibility index (Phi) is 5.14. The van der Waals surface area contributed by atoms with Crippen molar-refractivity contribution in [1.82, 2.24) is 0 Å². The van der Waals surface area contributed by atoms with Crippen molar-refractivity contribution in [2.24, 2.45) is 5.16 Å². The molecule has 0 unspecified atom stereocenters. The highest BCUT2D eigenvalue weighted by molar-refractivity contribution is 7.90. The first-order chi connectivity index (χ1) is 11.2. The molecule has 0 N–H and O–H groups in total. The van der Waals surface area contributed by atoms with Crippen molar-refractivity contribution in [3.05, 3.63) is 65.0 Å². The molecule has 2 aromatic rings. The molecule has 0 amide bonds. The summed E-state index contributed by atoms with van der Waals surface area (Å²) in [5.41, 5.74) is 1.26. The van der Waals surface area contributed by atoms with Crippen LogP contribution in [0.2, 0.25) is 0 Å². The summed E-state index contributed by atoms with van der Waals surface area (Å²) in [5, 5.41) is 3.79. The Morgan fingerprint density at radius 3 is 2.25 bits per heavy atom. The third-order valence-corrected chi connectivity index (χ3v) is 4.50. The third kappa shape index (κ3) is 3.86. The highest BCUT2D eigenvalue weighted by Crippen LogP contribution is 2.21. The van der Waals surface area contributed by atoms with Crippen molar-refractivity contribution in [3.8, 4) is 0 Å². The van der Waals surface area contributed by atoms with E-state index < -0.39 is 21.4 Å². The lowest BCUT2D eigenvalue weighted by molar-refractivity contribution is 0.103. The molecule has 0 heterocycles. The third-order valence-electron chi connectivity index (χ3n) is 3.39. The van der Waals surface area contributed by atoms with Crippen molar-refractivity contribution in [2.45, 2.75) is 11.8 Å². The van der Waals surface area contributed by atoms with E-state index in [9.17, 15) is 17.6 Å². The van der Waals surface area contributed by atoms with Gasteiger partial charge in [0.25, 0.3) is 0 Å². The Morgan fingerprint density at radius 2 is 1.71 bits per heavy atom. The first kappa shape index (κ1) is 17.8. The molecule has 7 heteroatoms. The minimum absolute atomic E-state index is 0.0157. The normalized spacial score (nSPS) is 12.1. The predicted octanol–water partition coefficient (Wildman–Crippen LogP) is 2.83. The van der Waals surface area contributed by atoms with Crippen molar-refractivity contribution in [3.63, 3.8) is 0 Å². The molecule has 0 spiro atoms. The van der Waals surface area contributed by atoms with Gasteiger partial charge in [0.05, 0.1) is 10.6 Å². The lowest BCUT2D eigenvalue weighted by Gasteiger charge is -2.10. The molecule has 0 fully saturated rings. The van der Waals surface area contributed by atoms with Crippen LogP contribution in [0.1, 0.15) is 28.4 Å². The zero-order valence-corrected chi connectivity index (χ0v) is 14.2. The quantitative estimate of drug-likeness (QED) is 0.473. The van der Waals surface area contributed by atoms with Gasteiger partial charge in [0, 0.05) is 22.9 Å². The number of oxime groups is 1. The van der Waals surface area contributed by atoms with Gasteiger partial charge in [-0.15, -0.1) is 0 Å². The highest BCUT2D eigenvalue weighted by atomic mass is 32.2. The van der Waals surface area contributed by atoms with Gasteiger partial charge in [0.2, 0.25) is 0 Å². The summed E-state index contributed by atoms with van der Waals surface area (Å²) in [5.74, 6) is -0.894. The number of rotatable bonds is 5. The van der Waals surface area contributed by atoms with Crippen LogP contribution in [0, 0.1) is 5.82 Å². The molecular formula is C17H16FNO4S. The number of carbonyl (C=O) groups is 1. The standard InChI is InChI=1S/C17H16FNO4S/c1-11(19-23-2)15-9-8-14(24(3,21)22)10-16(15)17(20)12-4-6-13(18)7-5-12/h4-10H,1-3H3/b19-11-. The Morgan fingerprint density at radius 1 is 1.08 bits per heavy atom. The summed E-state index contributed by atoms with van der Waals surface area (Å²) in [6, 6.07) is 9.23. The average Bonchev–Trinajstić information content (AvgIpc) is 2.53. The van der Waals surface area contributed by atoms with Gasteiger partial charge in [0.1, 0.15) is 12.9 Å². The van der Waals surface area contributed by atoms with Crippen LogP contribution in [0.25, 0.3) is 0 Å². The fraction of sp³-hybridized carbons (Fsp3) is 0.176. The molecule has 0 radical (unpaired) electrons. The molecule has 5 nitrogen and oxygen atoms in total. The molecule has 0 aliphatic rings. The molecule has 0 bridgehead atoms. The SMILES string of the molecule is CO/N=C(/C)c1ccc(S(C)(=O)=O)cc1C(=O)c1ccc(F)cc1. The predicted molar refractivity (Wildman–Crippen MR) is 88.6 cm³/mol. The van der Waals surface area contributed by atoms with Gasteiger partial charge in [-0.2, -0.15) is 0 Å². The van der Waals surface area contributed by atoms with E-state index in [1.54, 1.807) is 6.92 Å². The second kappa shape index (κ2) is 6.92. The highest BCUT2D eigenvalue weighted by Gasteiger charge is 2.19. The van der Waals surface area contributed by atoms with E-state index in [-0.39, 0.29) is 16.0 Å². The minimum atomic E-state index is -3.49. The van der Waals surface area contributed by atoms with Crippen LogP contribution in [0.5, 0.6) is 0 Å². The monoisotopic (exact) mass is 349 g/mol. The lowest BCUT2D eigenvalue weighted by atomic mass is 9.96. The Hall–Kier alpha value is -2.54. The zero-order valence-electron chi connectivity index (χ0n) is 13.4. The van der Waals surface area contributed by atoms with Crippen LogP contribution in [0.15, 0.2) is 52.5 Å². The van der Waals surface area contributed by atoms with Crippen molar-refractivity contribution in [2.75, 3.05) is 13.4 Å². The fourth-order valence-electron chi connectivity index (χ4n) is 2.20. The summed E-state index contributed by atoms with van der Waals surface area (Å²) in [7, 11) is -2.11. The Bertz CT molecular complexity index is 903. The van der Waals surface area contributed by atoms with E-state index in [4.69, 9.17) is 4.84 Å². The molecule has 0 saturated carbocycles. The maximum absolute atomic E-state index is 13.1. The van der Waals surface area contributed by atoms with E-state index in [0.717, 1.165) is 6.26 Å². The van der Waals surface area contributed by atoms with E-state index in [2.05, 4.69) is 5.16 Å². The molecule has 0 saturated heterocycles. The summed E-state index contributed by atoms with van der Waals surface area (Å²) < 4.78 is 36.6. The van der Waals surface area contributed by atoms with Crippen LogP contribution in [0.3, 0.4) is 0 Å². The van der Waals surface area contributed by atoms with Crippen LogP contribution >= 0.6 is 0 Å². The number of hydrogen-bond acceptors (Lipinski definition) is 5. The molecule has 2 rings (SSSR count). The number of sulfone groups is 1. The van der Waals surface area contributed by atoms with E-state index in [1.165, 1.54) is 49.6 Å². The lowest BCUT2D eigenvalue weighted by Crippen LogP contribution is -2.11. The van der Waals surface area contributed by atoms with Crippen molar-refractivity contribution >= 4 is 21.3 Å². The molecule has 2 aromatic carbocycles. The van der Waals surface area contributed by atoms with Gasteiger partial charge < -0.3 is 4.84 Å². The number of ketones is 1. The zero-order chi connectivity index (χ0) is 17.9. The first-order valence-corrected chi connectivity index (χ1v) is 8.85. The van der Waals surface area contributed by atoms with Gasteiger partial charge in [-0.25, -0.2) is 12.8 Å². The van der Waals surface area contributed by atoms with Gasteiger partial charge in [0.15, 0.2) is 15.6 Å². The second-order valence-electron chi connectivity index (χ2n) is 5.17. The number of halogens is 1. The molecule has 0 aliphatic heterocycles. The van der Waals surface area contributed by atoms with Crippen molar-refractivity contribution in [1.29, 1.82) is 0 Å². The Labute approximate surface area is 139 Å². The maximum atomic E-state index is 13.1. The van der Waals surface area contributed by atoms with Crippen LogP contribution in [-0.4, -0.2) is 33.3 Å². The number of benzene rings is 2. The topological polar surface area (TPSA) is 72.8 Å². The smallest absolute Gasteiger partial charge is 0.193 e. The largest absolute Gasteiger partial charge is 0.399 e. The number of carbonyl (C=O) groups excluding carboxylic acids is 1. The van der Waals surface area contributed by atoms with E-state index >= 15 is 0 Å². The number of hydrogen-bond donors (Lipinski definition) is 0. The van der Waals surface area contributed by atoms with E-state index in [0.29, 0.717) is 11.3 Å².